The molecule has 0 N–H and O–H groups in total. The third kappa shape index (κ3) is 7.87. The van der Waals surface area contributed by atoms with Crippen molar-refractivity contribution in [2.75, 3.05) is 13.2 Å². The van der Waals surface area contributed by atoms with Crippen LogP contribution in [0, 0.1) is 0 Å². The highest BCUT2D eigenvalue weighted by molar-refractivity contribution is 5.69. The number of hydrogen-bond donors (Lipinski definition) is 0. The van der Waals surface area contributed by atoms with Crippen molar-refractivity contribution >= 4 is 11.9 Å². The molecular formula is C14H22O4. The molecule has 0 aromatic rings. The molecule has 0 amide bonds. The van der Waals surface area contributed by atoms with Gasteiger partial charge in [0.25, 0.3) is 0 Å². The van der Waals surface area contributed by atoms with Gasteiger partial charge in [-0.25, -0.2) is 0 Å². The number of ether oxygens (including phenoxy) is 2. The first kappa shape index (κ1) is 14.7. The molecule has 0 spiro atoms. The fraction of sp³-hybridized carbons (Fsp3) is 0.714. The summed E-state index contributed by atoms with van der Waals surface area (Å²) in [5.74, 6) is -0.299. The Kier molecular flexibility index (Phi) is 7.93. The number of rotatable bonds is 0. The Morgan fingerprint density at radius 2 is 1.06 bits per heavy atom. The fourth-order valence-corrected chi connectivity index (χ4v) is 1.81. The molecule has 0 aromatic carbocycles. The molecule has 1 aliphatic rings. The van der Waals surface area contributed by atoms with Crippen LogP contribution in [0.5, 0.6) is 0 Å². The normalized spacial score (nSPS) is 21.1. The number of hydrogen-bond acceptors (Lipinski definition) is 4. The molecule has 4 heteroatoms. The number of carbonyl (C=O) groups is 2. The summed E-state index contributed by atoms with van der Waals surface area (Å²) in [5, 5.41) is 0. The van der Waals surface area contributed by atoms with Crippen LogP contribution in [0.4, 0.5) is 0 Å². The van der Waals surface area contributed by atoms with Crippen molar-refractivity contribution in [2.45, 2.75) is 51.4 Å². The van der Waals surface area contributed by atoms with E-state index in [2.05, 4.69) is 0 Å². The van der Waals surface area contributed by atoms with Gasteiger partial charge in [0.2, 0.25) is 0 Å². The maximum Gasteiger partial charge on any atom is 0.306 e. The van der Waals surface area contributed by atoms with Crippen LogP contribution in [-0.2, 0) is 19.1 Å². The maximum absolute atomic E-state index is 11.3. The molecule has 0 fully saturated rings. The van der Waals surface area contributed by atoms with Crippen LogP contribution >= 0.6 is 0 Å². The van der Waals surface area contributed by atoms with Crippen LogP contribution in [0.3, 0.4) is 0 Å². The van der Waals surface area contributed by atoms with Crippen LogP contribution in [0.2, 0.25) is 0 Å². The minimum atomic E-state index is -0.149. The molecule has 0 bridgehead atoms. The lowest BCUT2D eigenvalue weighted by molar-refractivity contribution is -0.143. The Morgan fingerprint density at radius 1 is 0.667 bits per heavy atom. The molecule has 0 saturated heterocycles. The lowest BCUT2D eigenvalue weighted by Crippen LogP contribution is -2.06. The van der Waals surface area contributed by atoms with Gasteiger partial charge in [0.1, 0.15) is 13.2 Å². The highest BCUT2D eigenvalue weighted by Crippen LogP contribution is 2.09. The first-order chi connectivity index (χ1) is 8.79. The molecule has 1 aliphatic heterocycles. The van der Waals surface area contributed by atoms with E-state index in [0.29, 0.717) is 12.8 Å². The van der Waals surface area contributed by atoms with Crippen molar-refractivity contribution in [2.24, 2.45) is 0 Å². The van der Waals surface area contributed by atoms with E-state index in [0.717, 1.165) is 38.5 Å². The van der Waals surface area contributed by atoms with Crippen molar-refractivity contribution in [1.29, 1.82) is 0 Å². The Morgan fingerprint density at radius 3 is 1.50 bits per heavy atom. The van der Waals surface area contributed by atoms with E-state index in [9.17, 15) is 9.59 Å². The second-order valence-electron chi connectivity index (χ2n) is 4.46. The topological polar surface area (TPSA) is 52.6 Å². The molecule has 0 aliphatic carbocycles. The van der Waals surface area contributed by atoms with Gasteiger partial charge in [0, 0.05) is 12.8 Å². The molecule has 18 heavy (non-hydrogen) atoms. The van der Waals surface area contributed by atoms with Gasteiger partial charge < -0.3 is 9.47 Å². The average molecular weight is 254 g/mol. The molecule has 1 heterocycles. The molecule has 0 aromatic heterocycles. The van der Waals surface area contributed by atoms with Crippen molar-refractivity contribution < 1.29 is 19.1 Å². The van der Waals surface area contributed by atoms with E-state index >= 15 is 0 Å². The third-order valence-electron chi connectivity index (χ3n) is 2.86. The summed E-state index contributed by atoms with van der Waals surface area (Å²) in [5.41, 5.74) is 0. The van der Waals surface area contributed by atoms with Gasteiger partial charge >= 0.3 is 11.9 Å². The van der Waals surface area contributed by atoms with E-state index in [1.54, 1.807) is 12.2 Å². The SMILES string of the molecule is O=C1CCCCCCCCC(=O)OCC=CCO1. The Balaban J connectivity index is 2.29. The van der Waals surface area contributed by atoms with Crippen molar-refractivity contribution in [3.05, 3.63) is 12.2 Å². The highest BCUT2D eigenvalue weighted by atomic mass is 16.5. The number of cyclic esters (lactones) is 2. The predicted molar refractivity (Wildman–Crippen MR) is 68.0 cm³/mol. The number of esters is 2. The molecule has 0 saturated carbocycles. The summed E-state index contributed by atoms with van der Waals surface area (Å²) in [7, 11) is 0. The van der Waals surface area contributed by atoms with Crippen LogP contribution in [-0.4, -0.2) is 25.2 Å². The van der Waals surface area contributed by atoms with E-state index in [4.69, 9.17) is 9.47 Å². The van der Waals surface area contributed by atoms with Gasteiger partial charge in [0.05, 0.1) is 0 Å². The summed E-state index contributed by atoms with van der Waals surface area (Å²) < 4.78 is 10.0. The second-order valence-corrected chi connectivity index (χ2v) is 4.46. The van der Waals surface area contributed by atoms with Crippen LogP contribution in [0.1, 0.15) is 51.4 Å². The molecule has 102 valence electrons. The van der Waals surface area contributed by atoms with Gasteiger partial charge in [-0.1, -0.05) is 25.7 Å². The average Bonchev–Trinajstić information content (AvgIpc) is 2.35. The predicted octanol–water partition coefficient (Wildman–Crippen LogP) is 2.76. The van der Waals surface area contributed by atoms with E-state index < -0.39 is 0 Å². The molecule has 1 rings (SSSR count). The van der Waals surface area contributed by atoms with Gasteiger partial charge in [0.15, 0.2) is 0 Å². The van der Waals surface area contributed by atoms with Crippen molar-refractivity contribution in [3.63, 3.8) is 0 Å². The van der Waals surface area contributed by atoms with Crippen LogP contribution in [0.15, 0.2) is 12.2 Å². The molecule has 0 unspecified atom stereocenters. The zero-order valence-corrected chi connectivity index (χ0v) is 10.9. The standard InChI is InChI=1S/C14H22O4/c15-13-9-5-3-1-2-4-6-10-14(16)18-12-8-7-11-17-13/h7-8H,1-6,9-12H2. The monoisotopic (exact) mass is 254 g/mol. The van der Waals surface area contributed by atoms with Gasteiger partial charge in [-0.05, 0) is 25.0 Å². The first-order valence-corrected chi connectivity index (χ1v) is 6.75. The summed E-state index contributed by atoms with van der Waals surface area (Å²) in [6, 6.07) is 0. The molecule has 4 nitrogen and oxygen atoms in total. The minimum Gasteiger partial charge on any atom is -0.461 e. The second kappa shape index (κ2) is 9.68. The van der Waals surface area contributed by atoms with Gasteiger partial charge in [-0.2, -0.15) is 0 Å². The van der Waals surface area contributed by atoms with E-state index in [1.165, 1.54) is 0 Å². The minimum absolute atomic E-state index is 0.149. The largest absolute Gasteiger partial charge is 0.461 e. The third-order valence-corrected chi connectivity index (χ3v) is 2.86. The summed E-state index contributed by atoms with van der Waals surface area (Å²) in [4.78, 5) is 22.6. The molecule has 0 atom stereocenters. The van der Waals surface area contributed by atoms with Gasteiger partial charge in [-0.15, -0.1) is 0 Å². The highest BCUT2D eigenvalue weighted by Gasteiger charge is 2.03. The smallest absolute Gasteiger partial charge is 0.306 e. The Bertz CT molecular complexity index is 256. The molecule has 0 radical (unpaired) electrons. The van der Waals surface area contributed by atoms with Crippen molar-refractivity contribution in [3.8, 4) is 0 Å². The summed E-state index contributed by atoms with van der Waals surface area (Å²) in [6.07, 6.45) is 10.5. The summed E-state index contributed by atoms with van der Waals surface area (Å²) in [6.45, 7) is 0.521. The number of carbonyl (C=O) groups excluding carboxylic acids is 2. The Labute approximate surface area is 108 Å². The van der Waals surface area contributed by atoms with Crippen molar-refractivity contribution in [1.82, 2.24) is 0 Å². The lowest BCUT2D eigenvalue weighted by Gasteiger charge is -2.05. The van der Waals surface area contributed by atoms with E-state index in [1.807, 2.05) is 0 Å². The lowest BCUT2D eigenvalue weighted by atomic mass is 10.1. The maximum atomic E-state index is 11.3. The zero-order valence-electron chi connectivity index (χ0n) is 10.9. The zero-order chi connectivity index (χ0) is 13.1. The van der Waals surface area contributed by atoms with Gasteiger partial charge in [-0.3, -0.25) is 9.59 Å². The molecular weight excluding hydrogens is 232 g/mol. The first-order valence-electron chi connectivity index (χ1n) is 6.75. The summed E-state index contributed by atoms with van der Waals surface area (Å²) >= 11 is 0. The van der Waals surface area contributed by atoms with E-state index in [-0.39, 0.29) is 25.2 Å². The van der Waals surface area contributed by atoms with Crippen LogP contribution in [0.25, 0.3) is 0 Å². The quantitative estimate of drug-likeness (QED) is 0.492. The fourth-order valence-electron chi connectivity index (χ4n) is 1.81. The Hall–Kier alpha value is -1.32. The van der Waals surface area contributed by atoms with Crippen LogP contribution < -0.4 is 0 Å².